The molecular weight excluding hydrogens is 242 g/mol. The van der Waals surface area contributed by atoms with Gasteiger partial charge in [0.25, 0.3) is 0 Å². The van der Waals surface area contributed by atoms with Gasteiger partial charge < -0.3 is 5.32 Å². The van der Waals surface area contributed by atoms with Gasteiger partial charge in [-0.05, 0) is 50.4 Å². The third-order valence-electron chi connectivity index (χ3n) is 4.71. The Labute approximate surface area is 122 Å². The molecule has 1 fully saturated rings. The van der Waals surface area contributed by atoms with Gasteiger partial charge >= 0.3 is 0 Å². The summed E-state index contributed by atoms with van der Waals surface area (Å²) in [5.74, 6) is 0. The van der Waals surface area contributed by atoms with Gasteiger partial charge in [-0.3, -0.25) is 0 Å². The second kappa shape index (κ2) is 5.06. The Balaban J connectivity index is 2.02. The van der Waals surface area contributed by atoms with E-state index < -0.39 is 0 Å². The van der Waals surface area contributed by atoms with Crippen LogP contribution < -0.4 is 5.32 Å². The minimum atomic E-state index is 0.288. The topological polar surface area (TPSA) is 12.0 Å². The average molecular weight is 265 g/mol. The molecule has 1 atom stereocenters. The van der Waals surface area contributed by atoms with Gasteiger partial charge in [-0.2, -0.15) is 0 Å². The molecule has 0 spiro atoms. The first-order valence-electron chi connectivity index (χ1n) is 7.47. The number of hydrogen-bond acceptors (Lipinski definition) is 1. The minimum absolute atomic E-state index is 0.288. The lowest BCUT2D eigenvalue weighted by Gasteiger charge is -2.29. The van der Waals surface area contributed by atoms with E-state index in [1.165, 1.54) is 35.1 Å². The predicted octanol–water partition coefficient (Wildman–Crippen LogP) is 4.30. The van der Waals surface area contributed by atoms with E-state index in [4.69, 9.17) is 0 Å². The Hall–Kier alpha value is -1.60. The van der Waals surface area contributed by atoms with Crippen molar-refractivity contribution in [3.05, 3.63) is 70.8 Å². The fraction of sp³-hybridized carbons (Fsp3) is 0.368. The first kappa shape index (κ1) is 13.4. The molecular formula is C19H23N. The highest BCUT2D eigenvalue weighted by atomic mass is 14.9. The van der Waals surface area contributed by atoms with Gasteiger partial charge in [0, 0.05) is 11.5 Å². The summed E-state index contributed by atoms with van der Waals surface area (Å²) in [6.07, 6.45) is 2.55. The van der Waals surface area contributed by atoms with Gasteiger partial charge in [0.15, 0.2) is 0 Å². The summed E-state index contributed by atoms with van der Waals surface area (Å²) in [7, 11) is 2.09. The molecule has 20 heavy (non-hydrogen) atoms. The van der Waals surface area contributed by atoms with E-state index in [0.717, 1.165) is 0 Å². The lowest BCUT2D eigenvalue weighted by Crippen LogP contribution is -2.30. The summed E-state index contributed by atoms with van der Waals surface area (Å²) in [6.45, 7) is 4.39. The molecule has 2 aromatic rings. The second-order valence-electron chi connectivity index (χ2n) is 6.10. The van der Waals surface area contributed by atoms with Crippen LogP contribution in [0.4, 0.5) is 0 Å². The molecule has 0 saturated heterocycles. The van der Waals surface area contributed by atoms with Crippen LogP contribution in [0.25, 0.3) is 0 Å². The molecule has 0 aliphatic heterocycles. The molecule has 1 nitrogen and oxygen atoms in total. The molecule has 0 bridgehead atoms. The van der Waals surface area contributed by atoms with Crippen molar-refractivity contribution in [1.82, 2.24) is 5.32 Å². The highest BCUT2D eigenvalue weighted by Crippen LogP contribution is 2.56. The zero-order valence-electron chi connectivity index (χ0n) is 12.6. The van der Waals surface area contributed by atoms with Crippen LogP contribution in [0.3, 0.4) is 0 Å². The molecule has 1 aliphatic carbocycles. The highest BCUT2D eigenvalue weighted by Gasteiger charge is 2.50. The maximum Gasteiger partial charge on any atom is 0.0418 e. The number of hydrogen-bond donors (Lipinski definition) is 1. The van der Waals surface area contributed by atoms with Crippen molar-refractivity contribution in [2.45, 2.75) is 38.1 Å². The van der Waals surface area contributed by atoms with Gasteiger partial charge in [0.05, 0.1) is 0 Å². The molecule has 2 aromatic carbocycles. The van der Waals surface area contributed by atoms with Crippen molar-refractivity contribution in [2.75, 3.05) is 7.05 Å². The van der Waals surface area contributed by atoms with E-state index >= 15 is 0 Å². The van der Waals surface area contributed by atoms with E-state index in [9.17, 15) is 0 Å². The molecule has 0 aromatic heterocycles. The van der Waals surface area contributed by atoms with Crippen LogP contribution in [-0.2, 0) is 5.41 Å². The van der Waals surface area contributed by atoms with E-state index in [1.807, 2.05) is 0 Å². The molecule has 1 unspecified atom stereocenters. The minimum Gasteiger partial charge on any atom is -0.312 e. The van der Waals surface area contributed by atoms with Gasteiger partial charge in [0.2, 0.25) is 0 Å². The van der Waals surface area contributed by atoms with Gasteiger partial charge in [-0.25, -0.2) is 0 Å². The Morgan fingerprint density at radius 2 is 1.70 bits per heavy atom. The summed E-state index contributed by atoms with van der Waals surface area (Å²) in [6, 6.07) is 18.2. The zero-order chi connectivity index (χ0) is 14.2. The van der Waals surface area contributed by atoms with Crippen LogP contribution in [-0.4, -0.2) is 7.05 Å². The predicted molar refractivity (Wildman–Crippen MR) is 85.1 cm³/mol. The average Bonchev–Trinajstić information content (AvgIpc) is 3.25. The summed E-state index contributed by atoms with van der Waals surface area (Å²) in [4.78, 5) is 0. The fourth-order valence-electron chi connectivity index (χ4n) is 3.53. The van der Waals surface area contributed by atoms with Crippen molar-refractivity contribution in [3.63, 3.8) is 0 Å². The van der Waals surface area contributed by atoms with Crippen molar-refractivity contribution in [3.8, 4) is 0 Å². The van der Waals surface area contributed by atoms with Crippen molar-refractivity contribution in [2.24, 2.45) is 0 Å². The van der Waals surface area contributed by atoms with Crippen LogP contribution in [0.2, 0.25) is 0 Å². The molecule has 0 amide bonds. The number of likely N-dealkylation sites (N-methyl/N-ethyl adjacent to an activating group) is 1. The molecule has 1 saturated carbocycles. The number of aryl methyl sites for hydroxylation is 2. The number of nitrogens with one attached hydrogen (secondary N) is 1. The third-order valence-corrected chi connectivity index (χ3v) is 4.71. The Morgan fingerprint density at radius 3 is 2.25 bits per heavy atom. The Kier molecular flexibility index (Phi) is 3.39. The van der Waals surface area contributed by atoms with Gasteiger partial charge in [-0.1, -0.05) is 54.1 Å². The maximum atomic E-state index is 3.58. The highest BCUT2D eigenvalue weighted by molar-refractivity contribution is 5.42. The largest absolute Gasteiger partial charge is 0.312 e. The molecule has 3 rings (SSSR count). The lowest BCUT2D eigenvalue weighted by molar-refractivity contribution is 0.461. The van der Waals surface area contributed by atoms with Gasteiger partial charge in [-0.15, -0.1) is 0 Å². The zero-order valence-corrected chi connectivity index (χ0v) is 12.6. The van der Waals surface area contributed by atoms with E-state index in [-0.39, 0.29) is 5.41 Å². The molecule has 0 heterocycles. The summed E-state index contributed by atoms with van der Waals surface area (Å²) < 4.78 is 0. The van der Waals surface area contributed by atoms with Crippen LogP contribution in [0.5, 0.6) is 0 Å². The normalized spacial score (nSPS) is 17.8. The first-order valence-corrected chi connectivity index (χ1v) is 7.47. The molecule has 0 radical (unpaired) electrons. The molecule has 1 N–H and O–H groups in total. The quantitative estimate of drug-likeness (QED) is 0.869. The maximum absolute atomic E-state index is 3.58. The van der Waals surface area contributed by atoms with Crippen LogP contribution >= 0.6 is 0 Å². The lowest BCUT2D eigenvalue weighted by atomic mass is 9.82. The first-order chi connectivity index (χ1) is 9.67. The van der Waals surface area contributed by atoms with E-state index in [1.54, 1.807) is 0 Å². The summed E-state index contributed by atoms with van der Waals surface area (Å²) >= 11 is 0. The van der Waals surface area contributed by atoms with Crippen molar-refractivity contribution in [1.29, 1.82) is 0 Å². The summed E-state index contributed by atoms with van der Waals surface area (Å²) in [5.41, 5.74) is 5.94. The molecule has 1 heteroatoms. The number of rotatable bonds is 4. The molecule has 1 aliphatic rings. The Morgan fingerprint density at radius 1 is 1.00 bits per heavy atom. The third kappa shape index (κ3) is 2.16. The SMILES string of the molecule is CNC(c1ccc(C)cc1C)C1(c2ccccc2)CC1. The number of benzene rings is 2. The fourth-order valence-corrected chi connectivity index (χ4v) is 3.53. The van der Waals surface area contributed by atoms with Crippen molar-refractivity contribution < 1.29 is 0 Å². The monoisotopic (exact) mass is 265 g/mol. The second-order valence-corrected chi connectivity index (χ2v) is 6.10. The van der Waals surface area contributed by atoms with Crippen molar-refractivity contribution >= 4 is 0 Å². The molecule has 104 valence electrons. The van der Waals surface area contributed by atoms with Gasteiger partial charge in [0.1, 0.15) is 0 Å². The Bertz CT molecular complexity index is 596. The van der Waals surface area contributed by atoms with E-state index in [0.29, 0.717) is 6.04 Å². The van der Waals surface area contributed by atoms with Crippen LogP contribution in [0.15, 0.2) is 48.5 Å². The van der Waals surface area contributed by atoms with E-state index in [2.05, 4.69) is 74.7 Å². The summed E-state index contributed by atoms with van der Waals surface area (Å²) in [5, 5.41) is 3.58. The van der Waals surface area contributed by atoms with Crippen LogP contribution in [0.1, 0.15) is 41.1 Å². The van der Waals surface area contributed by atoms with Crippen LogP contribution in [0, 0.1) is 13.8 Å². The smallest absolute Gasteiger partial charge is 0.0418 e. The standard InChI is InChI=1S/C19H23N/c1-14-9-10-17(15(2)13-14)18(20-3)19(11-12-19)16-7-5-4-6-8-16/h4-10,13,18,20H,11-12H2,1-3H3.